The fourth-order valence-electron chi connectivity index (χ4n) is 1.86. The number of anilines is 1. The molecule has 1 aromatic carbocycles. The Morgan fingerprint density at radius 3 is 2.76 bits per heavy atom. The van der Waals surface area contributed by atoms with E-state index in [2.05, 4.69) is 29.1 Å². The van der Waals surface area contributed by atoms with Gasteiger partial charge in [-0.1, -0.05) is 26.0 Å². The molecule has 2 rings (SSSR count). The minimum absolute atomic E-state index is 0.0649. The Balaban J connectivity index is 2.33. The third-order valence-electron chi connectivity index (χ3n) is 3.13. The molecule has 112 valence electrons. The summed E-state index contributed by atoms with van der Waals surface area (Å²) in [5.74, 6) is 0.698. The van der Waals surface area contributed by atoms with Crippen molar-refractivity contribution < 1.29 is 9.13 Å². The molecule has 0 unspecified atom stereocenters. The quantitative estimate of drug-likeness (QED) is 0.892. The molecule has 21 heavy (non-hydrogen) atoms. The summed E-state index contributed by atoms with van der Waals surface area (Å²) in [6.07, 6.45) is 1.11. The van der Waals surface area contributed by atoms with Crippen molar-refractivity contribution in [3.8, 4) is 11.6 Å². The first-order chi connectivity index (χ1) is 10.0. The van der Waals surface area contributed by atoms with E-state index in [1.807, 2.05) is 32.0 Å². The summed E-state index contributed by atoms with van der Waals surface area (Å²) < 4.78 is 19.5. The maximum Gasteiger partial charge on any atom is 0.260 e. The molecule has 0 aliphatic rings. The second-order valence-corrected chi connectivity index (χ2v) is 5.16. The van der Waals surface area contributed by atoms with E-state index >= 15 is 0 Å². The second kappa shape index (κ2) is 6.52. The highest BCUT2D eigenvalue weighted by Crippen LogP contribution is 2.29. The van der Waals surface area contributed by atoms with Gasteiger partial charge in [-0.2, -0.15) is 9.37 Å². The SMILES string of the molecule is CCNc1ncc(F)c(Oc2cc(C(C)C)ccc2C)n1. The van der Waals surface area contributed by atoms with Crippen LogP contribution in [0.4, 0.5) is 10.3 Å². The summed E-state index contributed by atoms with van der Waals surface area (Å²) in [6, 6.07) is 5.94. The van der Waals surface area contributed by atoms with Crippen LogP contribution >= 0.6 is 0 Å². The van der Waals surface area contributed by atoms with Crippen molar-refractivity contribution in [1.29, 1.82) is 0 Å². The second-order valence-electron chi connectivity index (χ2n) is 5.16. The molecule has 0 amide bonds. The van der Waals surface area contributed by atoms with Crippen LogP contribution in [-0.2, 0) is 0 Å². The third-order valence-corrected chi connectivity index (χ3v) is 3.13. The van der Waals surface area contributed by atoms with Crippen LogP contribution in [0.2, 0.25) is 0 Å². The van der Waals surface area contributed by atoms with Gasteiger partial charge in [0.2, 0.25) is 11.8 Å². The number of nitrogens with one attached hydrogen (secondary N) is 1. The van der Waals surface area contributed by atoms with Crippen molar-refractivity contribution in [2.75, 3.05) is 11.9 Å². The Morgan fingerprint density at radius 1 is 1.33 bits per heavy atom. The Bertz CT molecular complexity index is 629. The molecule has 0 radical (unpaired) electrons. The van der Waals surface area contributed by atoms with Gasteiger partial charge in [0.1, 0.15) is 5.75 Å². The van der Waals surface area contributed by atoms with E-state index in [0.717, 1.165) is 17.3 Å². The number of ether oxygens (including phenoxy) is 1. The van der Waals surface area contributed by atoms with Gasteiger partial charge in [-0.15, -0.1) is 0 Å². The zero-order valence-electron chi connectivity index (χ0n) is 12.8. The summed E-state index contributed by atoms with van der Waals surface area (Å²) in [5, 5.41) is 2.94. The topological polar surface area (TPSA) is 47.0 Å². The van der Waals surface area contributed by atoms with E-state index in [0.29, 0.717) is 24.2 Å². The lowest BCUT2D eigenvalue weighted by molar-refractivity contribution is 0.417. The number of benzene rings is 1. The van der Waals surface area contributed by atoms with Gasteiger partial charge in [0, 0.05) is 6.54 Å². The molecule has 0 aliphatic carbocycles. The van der Waals surface area contributed by atoms with Gasteiger partial charge < -0.3 is 10.1 Å². The van der Waals surface area contributed by atoms with Crippen LogP contribution < -0.4 is 10.1 Å². The number of halogens is 1. The molecule has 0 saturated heterocycles. The van der Waals surface area contributed by atoms with Crippen LogP contribution in [-0.4, -0.2) is 16.5 Å². The number of rotatable bonds is 5. The highest BCUT2D eigenvalue weighted by Gasteiger charge is 2.12. The van der Waals surface area contributed by atoms with Crippen molar-refractivity contribution in [3.63, 3.8) is 0 Å². The summed E-state index contributed by atoms with van der Waals surface area (Å²) in [6.45, 7) is 8.70. The fraction of sp³-hybridized carbons (Fsp3) is 0.375. The predicted molar refractivity (Wildman–Crippen MR) is 81.5 cm³/mol. The Morgan fingerprint density at radius 2 is 2.10 bits per heavy atom. The van der Waals surface area contributed by atoms with Gasteiger partial charge in [-0.25, -0.2) is 4.98 Å². The largest absolute Gasteiger partial charge is 0.436 e. The van der Waals surface area contributed by atoms with Crippen LogP contribution in [0.5, 0.6) is 11.6 Å². The normalized spacial score (nSPS) is 10.8. The molecule has 1 heterocycles. The summed E-state index contributed by atoms with van der Waals surface area (Å²) in [4.78, 5) is 7.91. The summed E-state index contributed by atoms with van der Waals surface area (Å²) in [5.41, 5.74) is 2.07. The average Bonchev–Trinajstić information content (AvgIpc) is 2.45. The van der Waals surface area contributed by atoms with Crippen molar-refractivity contribution >= 4 is 5.95 Å². The van der Waals surface area contributed by atoms with Crippen LogP contribution in [0, 0.1) is 12.7 Å². The maximum atomic E-state index is 13.8. The van der Waals surface area contributed by atoms with Gasteiger partial charge in [-0.3, -0.25) is 0 Å². The lowest BCUT2D eigenvalue weighted by atomic mass is 10.0. The summed E-state index contributed by atoms with van der Waals surface area (Å²) in [7, 11) is 0. The van der Waals surface area contributed by atoms with Crippen LogP contribution in [0.25, 0.3) is 0 Å². The van der Waals surface area contributed by atoms with Gasteiger partial charge in [0.15, 0.2) is 0 Å². The average molecular weight is 289 g/mol. The zero-order valence-corrected chi connectivity index (χ0v) is 12.8. The van der Waals surface area contributed by atoms with E-state index < -0.39 is 5.82 Å². The smallest absolute Gasteiger partial charge is 0.260 e. The lowest BCUT2D eigenvalue weighted by Crippen LogP contribution is -2.04. The predicted octanol–water partition coefficient (Wildman–Crippen LogP) is 4.27. The van der Waals surface area contributed by atoms with Gasteiger partial charge in [0.25, 0.3) is 5.88 Å². The minimum Gasteiger partial charge on any atom is -0.436 e. The first kappa shape index (κ1) is 15.2. The molecule has 0 atom stereocenters. The fourth-order valence-corrected chi connectivity index (χ4v) is 1.86. The molecule has 0 spiro atoms. The molecule has 1 N–H and O–H groups in total. The molecule has 5 heteroatoms. The van der Waals surface area contributed by atoms with Gasteiger partial charge in [-0.05, 0) is 37.0 Å². The number of aromatic nitrogens is 2. The number of hydrogen-bond donors (Lipinski definition) is 1. The number of aryl methyl sites for hydroxylation is 1. The molecule has 1 aromatic heterocycles. The van der Waals surface area contributed by atoms with Gasteiger partial charge >= 0.3 is 0 Å². The molecule has 0 saturated carbocycles. The number of nitrogens with zero attached hydrogens (tertiary/aromatic N) is 2. The van der Waals surface area contributed by atoms with Crippen molar-refractivity contribution in [3.05, 3.63) is 41.3 Å². The van der Waals surface area contributed by atoms with Crippen molar-refractivity contribution in [2.45, 2.75) is 33.6 Å². The van der Waals surface area contributed by atoms with Crippen LogP contribution in [0.15, 0.2) is 24.4 Å². The van der Waals surface area contributed by atoms with E-state index in [1.54, 1.807) is 0 Å². The molecule has 2 aromatic rings. The van der Waals surface area contributed by atoms with Gasteiger partial charge in [0.05, 0.1) is 6.20 Å². The van der Waals surface area contributed by atoms with Crippen molar-refractivity contribution in [2.24, 2.45) is 0 Å². The highest BCUT2D eigenvalue weighted by atomic mass is 19.1. The van der Waals surface area contributed by atoms with E-state index in [-0.39, 0.29) is 5.88 Å². The lowest BCUT2D eigenvalue weighted by Gasteiger charge is -2.13. The molecular weight excluding hydrogens is 269 g/mol. The maximum absolute atomic E-state index is 13.8. The molecule has 4 nitrogen and oxygen atoms in total. The molecular formula is C16H20FN3O. The first-order valence-electron chi connectivity index (χ1n) is 7.06. The zero-order chi connectivity index (χ0) is 15.4. The molecule has 0 fully saturated rings. The summed E-state index contributed by atoms with van der Waals surface area (Å²) >= 11 is 0. The van der Waals surface area contributed by atoms with E-state index in [4.69, 9.17) is 4.74 Å². The monoisotopic (exact) mass is 289 g/mol. The Hall–Kier alpha value is -2.17. The Kier molecular flexibility index (Phi) is 4.73. The number of hydrogen-bond acceptors (Lipinski definition) is 4. The van der Waals surface area contributed by atoms with E-state index in [9.17, 15) is 4.39 Å². The molecule has 0 aliphatic heterocycles. The molecule has 0 bridgehead atoms. The van der Waals surface area contributed by atoms with E-state index in [1.165, 1.54) is 0 Å². The Labute approximate surface area is 124 Å². The first-order valence-corrected chi connectivity index (χ1v) is 7.06. The highest BCUT2D eigenvalue weighted by molar-refractivity contribution is 5.40. The standard InChI is InChI=1S/C16H20FN3O/c1-5-18-16-19-9-13(17)15(20-16)21-14-8-12(10(2)3)7-6-11(14)4/h6-10H,5H2,1-4H3,(H,18,19,20). The van der Waals surface area contributed by atoms with Crippen LogP contribution in [0.1, 0.15) is 37.8 Å². The minimum atomic E-state index is -0.578. The van der Waals surface area contributed by atoms with Crippen molar-refractivity contribution in [1.82, 2.24) is 9.97 Å². The third kappa shape index (κ3) is 3.68. The van der Waals surface area contributed by atoms with Crippen LogP contribution in [0.3, 0.4) is 0 Å².